The first-order valence-corrected chi connectivity index (χ1v) is 10.4. The largest absolute Gasteiger partial charge is 0.481 e. The summed E-state index contributed by atoms with van der Waals surface area (Å²) in [5.41, 5.74) is 0. The molecule has 1 heterocycles. The van der Waals surface area contributed by atoms with Crippen molar-refractivity contribution in [2.75, 3.05) is 0 Å². The average Bonchev–Trinajstić information content (AvgIpc) is 2.94. The van der Waals surface area contributed by atoms with Gasteiger partial charge in [-0.15, -0.1) is 0 Å². The van der Waals surface area contributed by atoms with Crippen LogP contribution in [0, 0.1) is 29.6 Å². The van der Waals surface area contributed by atoms with E-state index >= 15 is 0 Å². The third kappa shape index (κ3) is 2.74. The second-order valence-electron chi connectivity index (χ2n) is 9.43. The number of carboxylic acid groups (broad SMARTS) is 1. The smallest absolute Gasteiger partial charge is 0.303 e. The van der Waals surface area contributed by atoms with Gasteiger partial charge in [-0.25, -0.2) is 0 Å². The van der Waals surface area contributed by atoms with Gasteiger partial charge in [0.05, 0.1) is 0 Å². The van der Waals surface area contributed by atoms with Crippen molar-refractivity contribution in [3.8, 4) is 0 Å². The maximum Gasteiger partial charge on any atom is 0.303 e. The van der Waals surface area contributed by atoms with Crippen LogP contribution < -0.4 is 0 Å². The van der Waals surface area contributed by atoms with E-state index in [0.717, 1.165) is 50.4 Å². The van der Waals surface area contributed by atoms with Crippen LogP contribution >= 0.6 is 0 Å². The molecule has 5 heteroatoms. The first-order valence-electron chi connectivity index (χ1n) is 10.4. The quantitative estimate of drug-likeness (QED) is 0.768. The lowest BCUT2D eigenvalue weighted by Crippen LogP contribution is -2.59. The highest BCUT2D eigenvalue weighted by molar-refractivity contribution is 5.66. The van der Waals surface area contributed by atoms with Gasteiger partial charge < -0.3 is 9.84 Å². The monoisotopic (exact) mass is 350 g/mol. The fraction of sp³-hybridized carbons (Fsp3) is 0.950. The molecule has 0 aromatic carbocycles. The lowest BCUT2D eigenvalue weighted by Gasteiger charge is -2.57. The molecule has 6 rings (SSSR count). The molecule has 140 valence electrons. The Hall–Kier alpha value is -0.650. The molecule has 0 amide bonds. The molecule has 6 fully saturated rings. The molecule has 1 N–H and O–H groups in total. The van der Waals surface area contributed by atoms with Crippen LogP contribution in [-0.4, -0.2) is 22.7 Å². The summed E-state index contributed by atoms with van der Waals surface area (Å²) in [5.74, 6) is 1.76. The van der Waals surface area contributed by atoms with Crippen LogP contribution in [0.25, 0.3) is 0 Å². The Labute approximate surface area is 149 Å². The van der Waals surface area contributed by atoms with Gasteiger partial charge in [-0.3, -0.25) is 4.79 Å². The third-order valence-electron chi connectivity index (χ3n) is 7.82. The number of aliphatic carboxylic acids is 1. The van der Waals surface area contributed by atoms with Crippen molar-refractivity contribution in [2.45, 2.75) is 88.6 Å². The molecule has 2 spiro atoms. The minimum atomic E-state index is -0.688. The standard InChI is InChI=1S/C20H30O5/c21-18(22)3-1-2-13-4-6-19(7-5-13)23-20(25-24-19)16-9-14-8-15(11-16)12-17(20)10-14/h13-17H,1-12H2,(H,21,22). The Morgan fingerprint density at radius 3 is 2.20 bits per heavy atom. The van der Waals surface area contributed by atoms with Crippen molar-refractivity contribution in [3.05, 3.63) is 0 Å². The van der Waals surface area contributed by atoms with Gasteiger partial charge >= 0.3 is 5.97 Å². The molecule has 0 atom stereocenters. The van der Waals surface area contributed by atoms with Crippen LogP contribution in [-0.2, 0) is 19.3 Å². The second kappa shape index (κ2) is 5.93. The van der Waals surface area contributed by atoms with Crippen LogP contribution in [0.15, 0.2) is 0 Å². The summed E-state index contributed by atoms with van der Waals surface area (Å²) < 4.78 is 6.71. The molecule has 1 aliphatic heterocycles. The predicted octanol–water partition coefficient (Wildman–Crippen LogP) is 4.26. The van der Waals surface area contributed by atoms with Gasteiger partial charge in [0.15, 0.2) is 0 Å². The molecule has 0 aromatic heterocycles. The van der Waals surface area contributed by atoms with E-state index in [-0.39, 0.29) is 6.42 Å². The number of ether oxygens (including phenoxy) is 1. The van der Waals surface area contributed by atoms with E-state index in [1.54, 1.807) is 0 Å². The highest BCUT2D eigenvalue weighted by Gasteiger charge is 2.66. The highest BCUT2D eigenvalue weighted by Crippen LogP contribution is 2.63. The van der Waals surface area contributed by atoms with Crippen molar-refractivity contribution in [2.24, 2.45) is 29.6 Å². The zero-order valence-corrected chi connectivity index (χ0v) is 15.0. The second-order valence-corrected chi connectivity index (χ2v) is 9.43. The van der Waals surface area contributed by atoms with Crippen molar-refractivity contribution >= 4 is 5.97 Å². The molecule has 0 radical (unpaired) electrons. The Morgan fingerprint density at radius 2 is 1.60 bits per heavy atom. The van der Waals surface area contributed by atoms with Crippen LogP contribution in [0.1, 0.15) is 77.0 Å². The Balaban J connectivity index is 1.21. The molecule has 6 aliphatic rings. The topological polar surface area (TPSA) is 65.0 Å². The van der Waals surface area contributed by atoms with E-state index in [0.29, 0.717) is 17.8 Å². The Morgan fingerprint density at radius 1 is 0.960 bits per heavy atom. The van der Waals surface area contributed by atoms with Crippen LogP contribution in [0.2, 0.25) is 0 Å². The van der Waals surface area contributed by atoms with Gasteiger partial charge in [0.1, 0.15) is 0 Å². The molecule has 4 bridgehead atoms. The predicted molar refractivity (Wildman–Crippen MR) is 89.2 cm³/mol. The van der Waals surface area contributed by atoms with Crippen molar-refractivity contribution < 1.29 is 24.4 Å². The summed E-state index contributed by atoms with van der Waals surface area (Å²) >= 11 is 0. The van der Waals surface area contributed by atoms with Crippen molar-refractivity contribution in [1.29, 1.82) is 0 Å². The first kappa shape index (κ1) is 16.5. The summed E-state index contributed by atoms with van der Waals surface area (Å²) in [4.78, 5) is 22.7. The maximum absolute atomic E-state index is 10.7. The van der Waals surface area contributed by atoms with E-state index in [2.05, 4.69) is 0 Å². The maximum atomic E-state index is 10.7. The van der Waals surface area contributed by atoms with Crippen LogP contribution in [0.4, 0.5) is 0 Å². The lowest BCUT2D eigenvalue weighted by atomic mass is 9.53. The molecule has 0 unspecified atom stereocenters. The first-order chi connectivity index (χ1) is 12.1. The number of hydrogen-bond acceptors (Lipinski definition) is 4. The van der Waals surface area contributed by atoms with Gasteiger partial charge in [0, 0.05) is 31.1 Å². The minimum Gasteiger partial charge on any atom is -0.481 e. The molecule has 5 saturated carbocycles. The number of carbonyl (C=O) groups is 1. The third-order valence-corrected chi connectivity index (χ3v) is 7.82. The van der Waals surface area contributed by atoms with E-state index in [4.69, 9.17) is 19.6 Å². The minimum absolute atomic E-state index is 0.284. The number of hydrogen-bond donors (Lipinski definition) is 1. The normalized spacial score (nSPS) is 50.8. The molecule has 0 aromatic rings. The molecule has 25 heavy (non-hydrogen) atoms. The van der Waals surface area contributed by atoms with Crippen molar-refractivity contribution in [1.82, 2.24) is 0 Å². The molecular formula is C20H30O5. The zero-order valence-electron chi connectivity index (χ0n) is 15.0. The van der Waals surface area contributed by atoms with Gasteiger partial charge in [0.25, 0.3) is 0 Å². The number of rotatable bonds is 4. The van der Waals surface area contributed by atoms with Gasteiger partial charge in [-0.1, -0.05) is 0 Å². The van der Waals surface area contributed by atoms with Crippen LogP contribution in [0.5, 0.6) is 0 Å². The van der Waals surface area contributed by atoms with Gasteiger partial charge in [0.2, 0.25) is 11.6 Å². The Kier molecular flexibility index (Phi) is 3.92. The average molecular weight is 350 g/mol. The fourth-order valence-corrected chi connectivity index (χ4v) is 6.74. The van der Waals surface area contributed by atoms with Crippen LogP contribution in [0.3, 0.4) is 0 Å². The summed E-state index contributed by atoms with van der Waals surface area (Å²) in [6.07, 6.45) is 12.4. The van der Waals surface area contributed by atoms with E-state index in [1.807, 2.05) is 0 Å². The van der Waals surface area contributed by atoms with Gasteiger partial charge in [-0.05, 0) is 75.5 Å². The molecule has 1 saturated heterocycles. The summed E-state index contributed by atoms with van der Waals surface area (Å²) in [5, 5.41) is 8.79. The lowest BCUT2D eigenvalue weighted by molar-refractivity contribution is -0.390. The molecular weight excluding hydrogens is 320 g/mol. The van der Waals surface area contributed by atoms with E-state index in [9.17, 15) is 4.79 Å². The molecule has 5 nitrogen and oxygen atoms in total. The zero-order chi connectivity index (χ0) is 17.1. The fourth-order valence-electron chi connectivity index (χ4n) is 6.74. The van der Waals surface area contributed by atoms with E-state index < -0.39 is 17.5 Å². The van der Waals surface area contributed by atoms with Crippen molar-refractivity contribution in [3.63, 3.8) is 0 Å². The summed E-state index contributed by atoms with van der Waals surface area (Å²) in [6.45, 7) is 0. The number of carboxylic acids is 1. The Bertz CT molecular complexity index is 508. The summed E-state index contributed by atoms with van der Waals surface area (Å²) in [6, 6.07) is 0. The summed E-state index contributed by atoms with van der Waals surface area (Å²) in [7, 11) is 0. The van der Waals surface area contributed by atoms with Gasteiger partial charge in [-0.2, -0.15) is 9.78 Å². The SMILES string of the molecule is O=C(O)CCCC1CCC2(CC1)OOC1(O2)C2CC3CC(C2)CC1C3. The highest BCUT2D eigenvalue weighted by atomic mass is 17.3. The van der Waals surface area contributed by atoms with E-state index in [1.165, 1.54) is 32.1 Å². The molecule has 5 aliphatic carbocycles.